The summed E-state index contributed by atoms with van der Waals surface area (Å²) < 4.78 is 5.87. The van der Waals surface area contributed by atoms with E-state index in [0.717, 1.165) is 16.7 Å². The molecule has 116 valence electrons. The average Bonchev–Trinajstić information content (AvgIpc) is 2.53. The van der Waals surface area contributed by atoms with E-state index in [0.29, 0.717) is 12.1 Å². The minimum atomic E-state index is -0.579. The Kier molecular flexibility index (Phi) is 5.47. The van der Waals surface area contributed by atoms with Gasteiger partial charge in [-0.25, -0.2) is 0 Å². The molecule has 2 N–H and O–H groups in total. The molecule has 0 aliphatic rings. The van der Waals surface area contributed by atoms with Crippen molar-refractivity contribution >= 4 is 5.78 Å². The number of hydrogen-bond acceptors (Lipinski definition) is 3. The second kappa shape index (κ2) is 7.34. The predicted molar refractivity (Wildman–Crippen MR) is 88.8 cm³/mol. The molecule has 0 amide bonds. The van der Waals surface area contributed by atoms with Crippen molar-refractivity contribution < 1.29 is 9.53 Å². The fourth-order valence-corrected chi connectivity index (χ4v) is 2.26. The molecule has 0 saturated carbocycles. The zero-order valence-corrected chi connectivity index (χ0v) is 13.4. The zero-order valence-electron chi connectivity index (χ0n) is 13.4. The minimum absolute atomic E-state index is 0.0267. The second-order valence-corrected chi connectivity index (χ2v) is 5.74. The predicted octanol–water partition coefficient (Wildman–Crippen LogP) is 3.80. The molecule has 1 atom stereocenters. The lowest BCUT2D eigenvalue weighted by molar-refractivity contribution is 0.0114. The van der Waals surface area contributed by atoms with Crippen molar-refractivity contribution in [2.24, 2.45) is 5.73 Å². The van der Waals surface area contributed by atoms with Gasteiger partial charge in [-0.2, -0.15) is 0 Å². The number of benzene rings is 2. The number of hydrogen-bond donors (Lipinski definition) is 1. The Hall–Kier alpha value is -1.97. The lowest BCUT2D eigenvalue weighted by atomic mass is 9.98. The van der Waals surface area contributed by atoms with Crippen LogP contribution >= 0.6 is 0 Å². The standard InChI is InChI=1S/C19H23NO2/c1-13(2)22-19(17-8-4-14(3)5-9-17)18(21)16-10-6-15(12-20)7-11-16/h4-11,13,19H,12,20H2,1-3H3. The van der Waals surface area contributed by atoms with Gasteiger partial charge in [0.15, 0.2) is 5.78 Å². The molecule has 0 heterocycles. The van der Waals surface area contributed by atoms with Crippen LogP contribution in [0.25, 0.3) is 0 Å². The number of rotatable bonds is 6. The molecule has 3 heteroatoms. The number of carbonyl (C=O) groups is 1. The first-order chi connectivity index (χ1) is 10.5. The first-order valence-corrected chi connectivity index (χ1v) is 7.56. The highest BCUT2D eigenvalue weighted by molar-refractivity contribution is 6.00. The maximum atomic E-state index is 12.8. The Morgan fingerprint density at radius 3 is 2.14 bits per heavy atom. The minimum Gasteiger partial charge on any atom is -0.363 e. The van der Waals surface area contributed by atoms with Gasteiger partial charge in [-0.15, -0.1) is 0 Å². The van der Waals surface area contributed by atoms with Crippen molar-refractivity contribution in [1.82, 2.24) is 0 Å². The van der Waals surface area contributed by atoms with Crippen LogP contribution in [0.2, 0.25) is 0 Å². The maximum absolute atomic E-state index is 12.8. The molecule has 0 spiro atoms. The van der Waals surface area contributed by atoms with Crippen LogP contribution < -0.4 is 5.73 Å². The number of aryl methyl sites for hydroxylation is 1. The molecule has 0 aromatic heterocycles. The Morgan fingerprint density at radius 2 is 1.64 bits per heavy atom. The summed E-state index contributed by atoms with van der Waals surface area (Å²) in [5.74, 6) is -0.0267. The summed E-state index contributed by atoms with van der Waals surface area (Å²) in [6.07, 6.45) is -0.608. The van der Waals surface area contributed by atoms with E-state index < -0.39 is 6.10 Å². The zero-order chi connectivity index (χ0) is 16.1. The lowest BCUT2D eigenvalue weighted by Crippen LogP contribution is -2.20. The summed E-state index contributed by atoms with van der Waals surface area (Å²) in [6.45, 7) is 6.37. The van der Waals surface area contributed by atoms with Gasteiger partial charge in [-0.1, -0.05) is 54.1 Å². The monoisotopic (exact) mass is 297 g/mol. The SMILES string of the molecule is Cc1ccc(C(OC(C)C)C(=O)c2ccc(CN)cc2)cc1. The van der Waals surface area contributed by atoms with Crippen LogP contribution in [0.3, 0.4) is 0 Å². The second-order valence-electron chi connectivity index (χ2n) is 5.74. The molecule has 22 heavy (non-hydrogen) atoms. The average molecular weight is 297 g/mol. The van der Waals surface area contributed by atoms with Gasteiger partial charge in [0.05, 0.1) is 6.10 Å². The highest BCUT2D eigenvalue weighted by atomic mass is 16.5. The molecule has 2 aromatic rings. The van der Waals surface area contributed by atoms with Gasteiger partial charge in [0.25, 0.3) is 0 Å². The van der Waals surface area contributed by atoms with Gasteiger partial charge in [0.1, 0.15) is 6.10 Å². The van der Waals surface area contributed by atoms with E-state index >= 15 is 0 Å². The van der Waals surface area contributed by atoms with Crippen molar-refractivity contribution in [3.63, 3.8) is 0 Å². The maximum Gasteiger partial charge on any atom is 0.196 e. The highest BCUT2D eigenvalue weighted by Gasteiger charge is 2.23. The van der Waals surface area contributed by atoms with Crippen LogP contribution in [0.1, 0.15) is 47.0 Å². The largest absolute Gasteiger partial charge is 0.363 e. The number of nitrogens with two attached hydrogens (primary N) is 1. The molecule has 2 aromatic carbocycles. The summed E-state index contributed by atoms with van der Waals surface area (Å²) in [5.41, 5.74) is 9.29. The molecule has 0 radical (unpaired) electrons. The Morgan fingerprint density at radius 1 is 1.05 bits per heavy atom. The van der Waals surface area contributed by atoms with E-state index in [4.69, 9.17) is 10.5 Å². The molecule has 0 fully saturated rings. The molecule has 0 aliphatic carbocycles. The van der Waals surface area contributed by atoms with E-state index in [1.54, 1.807) is 0 Å². The van der Waals surface area contributed by atoms with E-state index in [1.165, 1.54) is 0 Å². The van der Waals surface area contributed by atoms with Crippen LogP contribution in [0, 0.1) is 6.92 Å². The van der Waals surface area contributed by atoms with Gasteiger partial charge in [-0.05, 0) is 31.9 Å². The Labute approximate surface area is 132 Å². The van der Waals surface area contributed by atoms with Crippen molar-refractivity contribution in [2.45, 2.75) is 39.5 Å². The van der Waals surface area contributed by atoms with E-state index in [2.05, 4.69) is 0 Å². The summed E-state index contributed by atoms with van der Waals surface area (Å²) in [7, 11) is 0. The number of ether oxygens (including phenoxy) is 1. The summed E-state index contributed by atoms with van der Waals surface area (Å²) in [5, 5.41) is 0. The van der Waals surface area contributed by atoms with Crippen molar-refractivity contribution in [1.29, 1.82) is 0 Å². The van der Waals surface area contributed by atoms with Crippen molar-refractivity contribution in [2.75, 3.05) is 0 Å². The molecular weight excluding hydrogens is 274 g/mol. The summed E-state index contributed by atoms with van der Waals surface area (Å²) >= 11 is 0. The fraction of sp³-hybridized carbons (Fsp3) is 0.316. The fourth-order valence-electron chi connectivity index (χ4n) is 2.26. The summed E-state index contributed by atoms with van der Waals surface area (Å²) in [6, 6.07) is 15.3. The van der Waals surface area contributed by atoms with Crippen LogP contribution in [-0.2, 0) is 11.3 Å². The Balaban J connectivity index is 2.31. The van der Waals surface area contributed by atoms with Crippen molar-refractivity contribution in [3.05, 3.63) is 70.8 Å². The van der Waals surface area contributed by atoms with Crippen molar-refractivity contribution in [3.8, 4) is 0 Å². The van der Waals surface area contributed by atoms with E-state index in [9.17, 15) is 4.79 Å². The number of carbonyl (C=O) groups excluding carboxylic acids is 1. The van der Waals surface area contributed by atoms with E-state index in [1.807, 2.05) is 69.3 Å². The van der Waals surface area contributed by atoms with Crippen LogP contribution in [0.4, 0.5) is 0 Å². The van der Waals surface area contributed by atoms with Crippen LogP contribution in [-0.4, -0.2) is 11.9 Å². The van der Waals surface area contributed by atoms with Gasteiger partial charge >= 0.3 is 0 Å². The molecule has 2 rings (SSSR count). The third kappa shape index (κ3) is 4.03. The quantitative estimate of drug-likeness (QED) is 0.825. The van der Waals surface area contributed by atoms with Gasteiger partial charge in [0, 0.05) is 12.1 Å². The van der Waals surface area contributed by atoms with Gasteiger partial charge < -0.3 is 10.5 Å². The Bertz CT molecular complexity index is 615. The number of Topliss-reactive ketones (excluding diaryl/α,β-unsaturated/α-hetero) is 1. The topological polar surface area (TPSA) is 52.3 Å². The molecule has 0 saturated heterocycles. The molecule has 1 unspecified atom stereocenters. The van der Waals surface area contributed by atoms with Gasteiger partial charge in [0.2, 0.25) is 0 Å². The van der Waals surface area contributed by atoms with Crippen LogP contribution in [0.15, 0.2) is 48.5 Å². The smallest absolute Gasteiger partial charge is 0.196 e. The normalized spacial score (nSPS) is 12.4. The van der Waals surface area contributed by atoms with Crippen LogP contribution in [0.5, 0.6) is 0 Å². The third-order valence-electron chi connectivity index (χ3n) is 3.50. The molecular formula is C19H23NO2. The third-order valence-corrected chi connectivity index (χ3v) is 3.50. The highest BCUT2D eigenvalue weighted by Crippen LogP contribution is 2.24. The lowest BCUT2D eigenvalue weighted by Gasteiger charge is -2.20. The number of ketones is 1. The van der Waals surface area contributed by atoms with Gasteiger partial charge in [-0.3, -0.25) is 4.79 Å². The van der Waals surface area contributed by atoms with E-state index in [-0.39, 0.29) is 11.9 Å². The first kappa shape index (κ1) is 16.4. The first-order valence-electron chi connectivity index (χ1n) is 7.56. The molecule has 0 aliphatic heterocycles. The molecule has 0 bridgehead atoms. The molecule has 3 nitrogen and oxygen atoms in total. The summed E-state index contributed by atoms with van der Waals surface area (Å²) in [4.78, 5) is 12.8.